The molecule has 0 unspecified atom stereocenters. The third kappa shape index (κ3) is 6.07. The summed E-state index contributed by atoms with van der Waals surface area (Å²) in [5.74, 6) is 5.38. The van der Waals surface area contributed by atoms with Gasteiger partial charge in [0.05, 0.1) is 0 Å². The van der Waals surface area contributed by atoms with E-state index in [4.69, 9.17) is 5.84 Å². The van der Waals surface area contributed by atoms with E-state index in [9.17, 15) is 4.39 Å². The summed E-state index contributed by atoms with van der Waals surface area (Å²) in [7, 11) is 0. The van der Waals surface area contributed by atoms with E-state index in [1.54, 1.807) is 12.3 Å². The second-order valence-electron chi connectivity index (χ2n) is 2.80. The van der Waals surface area contributed by atoms with Crippen molar-refractivity contribution in [2.45, 2.75) is 0 Å². The van der Waals surface area contributed by atoms with Crippen LogP contribution < -0.4 is 11.3 Å². The molecule has 0 spiro atoms. The van der Waals surface area contributed by atoms with E-state index >= 15 is 0 Å². The minimum atomic E-state index is -0.420. The molecule has 0 aliphatic heterocycles. The van der Waals surface area contributed by atoms with Crippen LogP contribution in [0.1, 0.15) is 0 Å². The lowest BCUT2D eigenvalue weighted by molar-refractivity contribution is 0.582. The van der Waals surface area contributed by atoms with Crippen LogP contribution in [-0.4, -0.2) is 9.97 Å². The predicted octanol–water partition coefficient (Wildman–Crippen LogP) is 2.80. The molecule has 0 aromatic carbocycles. The largest absolute Gasteiger partial charge is 0.308 e. The van der Waals surface area contributed by atoms with Gasteiger partial charge >= 0.3 is 0 Å². The molecule has 2 rings (SSSR count). The molecule has 4 nitrogen and oxygen atoms in total. The number of hydrazine groups is 1. The molecule has 2 aromatic rings. The van der Waals surface area contributed by atoms with Crippen LogP contribution >= 0.6 is 45.2 Å². The van der Waals surface area contributed by atoms with Crippen molar-refractivity contribution in [3.8, 4) is 0 Å². The Morgan fingerprint density at radius 1 is 1.06 bits per heavy atom. The van der Waals surface area contributed by atoms with Gasteiger partial charge in [0.15, 0.2) is 0 Å². The highest BCUT2D eigenvalue weighted by Gasteiger charge is 1.88. The molecule has 0 bridgehead atoms. The first kappa shape index (κ1) is 14.5. The second kappa shape index (κ2) is 7.71. The summed E-state index contributed by atoms with van der Waals surface area (Å²) in [6.07, 6.45) is 3.15. The van der Waals surface area contributed by atoms with Crippen molar-refractivity contribution >= 4 is 51.0 Å². The van der Waals surface area contributed by atoms with Crippen LogP contribution in [0.5, 0.6) is 0 Å². The van der Waals surface area contributed by atoms with Gasteiger partial charge in [0.2, 0.25) is 5.95 Å². The van der Waals surface area contributed by atoms with Crippen molar-refractivity contribution < 1.29 is 4.39 Å². The number of nitrogen functional groups attached to an aromatic ring is 1. The van der Waals surface area contributed by atoms with Crippen LogP contribution in [0.3, 0.4) is 0 Å². The standard InChI is InChI=1S/C5H3FIN.C5H6IN3/c6-5-3-4(7)1-2-8-5;6-4-1-2-8-5(3-4)9-7/h1-3H;1-3H,7H2,(H,8,9). The van der Waals surface area contributed by atoms with E-state index in [1.807, 2.05) is 34.7 Å². The zero-order valence-corrected chi connectivity index (χ0v) is 12.9. The first-order valence-corrected chi connectivity index (χ1v) is 6.63. The Morgan fingerprint density at radius 2 is 1.65 bits per heavy atom. The molecule has 2 heterocycles. The molecular weight excluding hydrogens is 449 g/mol. The molecular formula is C10H9FI2N4. The highest BCUT2D eigenvalue weighted by atomic mass is 127. The maximum absolute atomic E-state index is 12.1. The smallest absolute Gasteiger partial charge is 0.213 e. The number of nitrogens with one attached hydrogen (secondary N) is 1. The normalized spacial score (nSPS) is 9.18. The summed E-state index contributed by atoms with van der Waals surface area (Å²) in [6.45, 7) is 0. The summed E-state index contributed by atoms with van der Waals surface area (Å²) in [4.78, 5) is 7.29. The zero-order valence-electron chi connectivity index (χ0n) is 8.57. The molecule has 3 N–H and O–H groups in total. The number of nitrogens with zero attached hydrogens (tertiary/aromatic N) is 2. The fourth-order valence-electron chi connectivity index (χ4n) is 0.863. The third-order valence-electron chi connectivity index (χ3n) is 1.56. The van der Waals surface area contributed by atoms with E-state index in [0.717, 1.165) is 7.14 Å². The van der Waals surface area contributed by atoms with Crippen LogP contribution in [-0.2, 0) is 0 Å². The molecule has 90 valence electrons. The maximum Gasteiger partial charge on any atom is 0.213 e. The van der Waals surface area contributed by atoms with Gasteiger partial charge in [-0.1, -0.05) is 0 Å². The quantitative estimate of drug-likeness (QED) is 0.299. The van der Waals surface area contributed by atoms with Crippen molar-refractivity contribution in [1.82, 2.24) is 9.97 Å². The number of hydrogen-bond donors (Lipinski definition) is 2. The molecule has 0 amide bonds. The van der Waals surface area contributed by atoms with E-state index in [1.165, 1.54) is 12.3 Å². The lowest BCUT2D eigenvalue weighted by Crippen LogP contribution is -2.07. The number of pyridine rings is 2. The van der Waals surface area contributed by atoms with Gasteiger partial charge in [0.25, 0.3) is 0 Å². The van der Waals surface area contributed by atoms with Crippen molar-refractivity contribution in [2.24, 2.45) is 5.84 Å². The van der Waals surface area contributed by atoms with E-state index in [-0.39, 0.29) is 0 Å². The predicted molar refractivity (Wildman–Crippen MR) is 81.7 cm³/mol. The fraction of sp³-hybridized carbons (Fsp3) is 0. The Bertz CT molecular complexity index is 464. The van der Waals surface area contributed by atoms with Crippen molar-refractivity contribution in [3.05, 3.63) is 49.7 Å². The van der Waals surface area contributed by atoms with Crippen molar-refractivity contribution in [3.63, 3.8) is 0 Å². The van der Waals surface area contributed by atoms with E-state index in [0.29, 0.717) is 5.82 Å². The summed E-state index contributed by atoms with van der Waals surface area (Å²) < 4.78 is 14.0. The summed E-state index contributed by atoms with van der Waals surface area (Å²) in [5, 5.41) is 0. The first-order chi connectivity index (χ1) is 8.11. The minimum absolute atomic E-state index is 0.420. The van der Waals surface area contributed by atoms with Crippen LogP contribution in [0.4, 0.5) is 10.2 Å². The number of aromatic nitrogens is 2. The van der Waals surface area contributed by atoms with Gasteiger partial charge in [-0.05, 0) is 63.4 Å². The maximum atomic E-state index is 12.1. The third-order valence-corrected chi connectivity index (χ3v) is 2.90. The van der Waals surface area contributed by atoms with E-state index in [2.05, 4.69) is 38.0 Å². The highest BCUT2D eigenvalue weighted by Crippen LogP contribution is 2.06. The van der Waals surface area contributed by atoms with Crippen LogP contribution in [0.15, 0.2) is 36.7 Å². The molecule has 7 heteroatoms. The van der Waals surface area contributed by atoms with Crippen LogP contribution in [0.25, 0.3) is 0 Å². The van der Waals surface area contributed by atoms with Crippen LogP contribution in [0.2, 0.25) is 0 Å². The van der Waals surface area contributed by atoms with E-state index < -0.39 is 5.95 Å². The van der Waals surface area contributed by atoms with Gasteiger partial charge in [-0.15, -0.1) is 0 Å². The number of hydrogen-bond acceptors (Lipinski definition) is 4. The Kier molecular flexibility index (Phi) is 6.58. The van der Waals surface area contributed by atoms with Gasteiger partial charge in [-0.2, -0.15) is 4.39 Å². The fourth-order valence-corrected chi connectivity index (χ4v) is 1.74. The molecule has 17 heavy (non-hydrogen) atoms. The average molecular weight is 458 g/mol. The Balaban J connectivity index is 0.000000171. The average Bonchev–Trinajstić information content (AvgIpc) is 2.29. The topological polar surface area (TPSA) is 63.8 Å². The molecule has 0 atom stereocenters. The zero-order chi connectivity index (χ0) is 12.7. The monoisotopic (exact) mass is 458 g/mol. The van der Waals surface area contributed by atoms with Gasteiger partial charge in [-0.3, -0.25) is 0 Å². The number of halogens is 3. The lowest BCUT2D eigenvalue weighted by Gasteiger charge is -1.95. The highest BCUT2D eigenvalue weighted by molar-refractivity contribution is 14.1. The lowest BCUT2D eigenvalue weighted by atomic mass is 10.5. The van der Waals surface area contributed by atoms with Gasteiger partial charge in [0.1, 0.15) is 5.82 Å². The SMILES string of the molecule is Fc1cc(I)ccn1.NNc1cc(I)ccn1. The summed E-state index contributed by atoms with van der Waals surface area (Å²) in [6, 6.07) is 6.88. The summed E-state index contributed by atoms with van der Waals surface area (Å²) >= 11 is 4.22. The van der Waals surface area contributed by atoms with Crippen molar-refractivity contribution in [1.29, 1.82) is 0 Å². The van der Waals surface area contributed by atoms with Gasteiger partial charge in [0, 0.05) is 25.6 Å². The molecule has 2 aromatic heterocycles. The Hall–Kier alpha value is -0.550. The Labute approximate surface area is 125 Å². The Morgan fingerprint density at radius 3 is 2.00 bits per heavy atom. The molecule has 0 saturated carbocycles. The first-order valence-electron chi connectivity index (χ1n) is 4.47. The van der Waals surface area contributed by atoms with Gasteiger partial charge in [-0.25, -0.2) is 15.8 Å². The molecule has 0 aliphatic carbocycles. The molecule has 0 fully saturated rings. The molecule has 0 saturated heterocycles. The number of anilines is 1. The van der Waals surface area contributed by atoms with Crippen LogP contribution in [0, 0.1) is 13.1 Å². The van der Waals surface area contributed by atoms with Crippen molar-refractivity contribution in [2.75, 3.05) is 5.43 Å². The number of nitrogens with two attached hydrogens (primary N) is 1. The summed E-state index contributed by atoms with van der Waals surface area (Å²) in [5.41, 5.74) is 2.45. The number of rotatable bonds is 1. The van der Waals surface area contributed by atoms with Gasteiger partial charge < -0.3 is 5.43 Å². The minimum Gasteiger partial charge on any atom is -0.308 e. The molecule has 0 radical (unpaired) electrons. The molecule has 0 aliphatic rings. The second-order valence-corrected chi connectivity index (χ2v) is 5.29.